The van der Waals surface area contributed by atoms with Crippen LogP contribution >= 0.6 is 0 Å². The molecule has 0 saturated carbocycles. The Morgan fingerprint density at radius 2 is 2.15 bits per heavy atom. The first kappa shape index (κ1) is 18.9. The van der Waals surface area contributed by atoms with Crippen molar-refractivity contribution in [2.24, 2.45) is 0 Å². The van der Waals surface area contributed by atoms with Crippen molar-refractivity contribution in [2.75, 3.05) is 20.2 Å². The molecular weight excluding hydrogens is 342 g/mol. The second-order valence-electron chi connectivity index (χ2n) is 6.84. The number of nitrogens with zero attached hydrogens (tertiary/aromatic N) is 2. The van der Waals surface area contributed by atoms with Crippen molar-refractivity contribution >= 4 is 11.8 Å². The fourth-order valence-corrected chi connectivity index (χ4v) is 3.23. The van der Waals surface area contributed by atoms with Gasteiger partial charge in [-0.25, -0.2) is 0 Å². The number of rotatable bonds is 6. The molecule has 1 N–H and O–H groups in total. The molecule has 1 aliphatic rings. The van der Waals surface area contributed by atoms with Gasteiger partial charge in [0.2, 0.25) is 5.91 Å². The van der Waals surface area contributed by atoms with Gasteiger partial charge in [-0.1, -0.05) is 12.1 Å². The highest BCUT2D eigenvalue weighted by Gasteiger charge is 2.27. The quantitative estimate of drug-likeness (QED) is 0.851. The molecule has 1 aromatic heterocycles. The molecule has 2 amide bonds. The minimum atomic E-state index is -0.0318. The van der Waals surface area contributed by atoms with E-state index in [1.165, 1.54) is 0 Å². The first-order valence-electron chi connectivity index (χ1n) is 9.19. The predicted molar refractivity (Wildman–Crippen MR) is 103 cm³/mol. The zero-order chi connectivity index (χ0) is 19.2. The lowest BCUT2D eigenvalue weighted by Gasteiger charge is -2.17. The summed E-state index contributed by atoms with van der Waals surface area (Å²) in [6, 6.07) is 11.4. The standard InChI is InChI=1S/C21H25N3O3/c1-15-6-8-17(13-22-15)21(26)24-11-10-18(14-24)23-20(25)9-7-16-4-3-5-19(12-16)27-2/h3-6,8,12-13,18H,7,9-11,14H2,1-2H3,(H,23,25)/t18-/m1/s1. The predicted octanol–water partition coefficient (Wildman–Crippen LogP) is 2.36. The van der Waals surface area contributed by atoms with E-state index < -0.39 is 0 Å². The lowest BCUT2D eigenvalue weighted by Crippen LogP contribution is -2.38. The number of benzene rings is 1. The van der Waals surface area contributed by atoms with Crippen LogP contribution in [0, 0.1) is 6.92 Å². The van der Waals surface area contributed by atoms with Crippen LogP contribution in [0.25, 0.3) is 0 Å². The van der Waals surface area contributed by atoms with Crippen LogP contribution in [0.2, 0.25) is 0 Å². The SMILES string of the molecule is COc1cccc(CCC(=O)N[C@@H]2CCN(C(=O)c3ccc(C)nc3)C2)c1. The summed E-state index contributed by atoms with van der Waals surface area (Å²) in [5.41, 5.74) is 2.54. The summed E-state index contributed by atoms with van der Waals surface area (Å²) in [7, 11) is 1.63. The third-order valence-corrected chi connectivity index (χ3v) is 4.77. The molecule has 142 valence electrons. The van der Waals surface area contributed by atoms with Gasteiger partial charge in [0.15, 0.2) is 0 Å². The summed E-state index contributed by atoms with van der Waals surface area (Å²) < 4.78 is 5.20. The van der Waals surface area contributed by atoms with Crippen LogP contribution < -0.4 is 10.1 Å². The lowest BCUT2D eigenvalue weighted by molar-refractivity contribution is -0.121. The van der Waals surface area contributed by atoms with Crippen LogP contribution in [-0.4, -0.2) is 47.9 Å². The molecule has 0 unspecified atom stereocenters. The molecule has 6 heteroatoms. The number of carbonyl (C=O) groups excluding carboxylic acids is 2. The lowest BCUT2D eigenvalue weighted by atomic mass is 10.1. The van der Waals surface area contributed by atoms with Gasteiger partial charge in [-0.2, -0.15) is 0 Å². The summed E-state index contributed by atoms with van der Waals surface area (Å²) in [4.78, 5) is 30.7. The zero-order valence-corrected chi connectivity index (χ0v) is 15.8. The van der Waals surface area contributed by atoms with Crippen molar-refractivity contribution in [3.63, 3.8) is 0 Å². The largest absolute Gasteiger partial charge is 0.497 e. The Bertz CT molecular complexity index is 805. The molecule has 0 bridgehead atoms. The molecule has 1 aliphatic heterocycles. The van der Waals surface area contributed by atoms with Crippen molar-refractivity contribution in [1.82, 2.24) is 15.2 Å². The number of ether oxygens (including phenoxy) is 1. The van der Waals surface area contributed by atoms with Gasteiger partial charge in [-0.15, -0.1) is 0 Å². The molecule has 1 saturated heterocycles. The minimum absolute atomic E-state index is 0.00478. The molecule has 27 heavy (non-hydrogen) atoms. The summed E-state index contributed by atoms with van der Waals surface area (Å²) >= 11 is 0. The molecule has 0 spiro atoms. The average Bonchev–Trinajstić information content (AvgIpc) is 3.15. The topological polar surface area (TPSA) is 71.5 Å². The zero-order valence-electron chi connectivity index (χ0n) is 15.8. The Labute approximate surface area is 159 Å². The van der Waals surface area contributed by atoms with Crippen molar-refractivity contribution in [2.45, 2.75) is 32.2 Å². The molecule has 3 rings (SSSR count). The highest BCUT2D eigenvalue weighted by Crippen LogP contribution is 2.16. The third-order valence-electron chi connectivity index (χ3n) is 4.77. The Kier molecular flexibility index (Phi) is 6.06. The maximum Gasteiger partial charge on any atom is 0.255 e. The van der Waals surface area contributed by atoms with Crippen LogP contribution in [0.4, 0.5) is 0 Å². The van der Waals surface area contributed by atoms with E-state index in [4.69, 9.17) is 4.74 Å². The van der Waals surface area contributed by atoms with Gasteiger partial charge in [0, 0.05) is 37.4 Å². The smallest absolute Gasteiger partial charge is 0.255 e. The monoisotopic (exact) mass is 367 g/mol. The maximum atomic E-state index is 12.5. The molecular formula is C21H25N3O3. The van der Waals surface area contributed by atoms with Crippen LogP contribution in [0.15, 0.2) is 42.6 Å². The molecule has 2 aromatic rings. The number of pyridine rings is 1. The van der Waals surface area contributed by atoms with Crippen LogP contribution in [0.3, 0.4) is 0 Å². The van der Waals surface area contributed by atoms with Crippen LogP contribution in [0.5, 0.6) is 5.75 Å². The molecule has 2 heterocycles. The normalized spacial score (nSPS) is 16.2. The number of likely N-dealkylation sites (tertiary alicyclic amines) is 1. The van der Waals surface area contributed by atoms with E-state index in [2.05, 4.69) is 10.3 Å². The second-order valence-corrected chi connectivity index (χ2v) is 6.84. The summed E-state index contributed by atoms with van der Waals surface area (Å²) in [6.07, 6.45) is 3.46. The summed E-state index contributed by atoms with van der Waals surface area (Å²) in [5.74, 6) is 0.771. The molecule has 6 nitrogen and oxygen atoms in total. The van der Waals surface area contributed by atoms with E-state index >= 15 is 0 Å². The van der Waals surface area contributed by atoms with Crippen molar-refractivity contribution in [3.8, 4) is 5.75 Å². The van der Waals surface area contributed by atoms with E-state index in [1.54, 1.807) is 24.3 Å². The molecule has 0 radical (unpaired) electrons. The Morgan fingerprint density at radius 3 is 2.89 bits per heavy atom. The van der Waals surface area contributed by atoms with Gasteiger partial charge in [0.25, 0.3) is 5.91 Å². The van der Waals surface area contributed by atoms with Crippen molar-refractivity contribution in [1.29, 1.82) is 0 Å². The van der Waals surface area contributed by atoms with Crippen molar-refractivity contribution in [3.05, 3.63) is 59.4 Å². The summed E-state index contributed by atoms with van der Waals surface area (Å²) in [5, 5.41) is 3.04. The maximum absolute atomic E-state index is 12.5. The van der Waals surface area contributed by atoms with Gasteiger partial charge in [0.1, 0.15) is 5.75 Å². The Hall–Kier alpha value is -2.89. The molecule has 0 aliphatic carbocycles. The van der Waals surface area contributed by atoms with Gasteiger partial charge in [-0.05, 0) is 49.6 Å². The third kappa shape index (κ3) is 5.06. The Morgan fingerprint density at radius 1 is 1.30 bits per heavy atom. The number of nitrogens with one attached hydrogen (secondary N) is 1. The van der Waals surface area contributed by atoms with E-state index in [-0.39, 0.29) is 17.9 Å². The van der Waals surface area contributed by atoms with Gasteiger partial charge in [0.05, 0.1) is 12.7 Å². The highest BCUT2D eigenvalue weighted by atomic mass is 16.5. The number of hydrogen-bond donors (Lipinski definition) is 1. The van der Waals surface area contributed by atoms with Crippen LogP contribution in [0.1, 0.15) is 34.5 Å². The number of aryl methyl sites for hydroxylation is 2. The number of amides is 2. The fraction of sp³-hybridized carbons (Fsp3) is 0.381. The van der Waals surface area contributed by atoms with E-state index in [0.717, 1.165) is 23.4 Å². The number of methoxy groups -OCH3 is 1. The number of hydrogen-bond acceptors (Lipinski definition) is 4. The summed E-state index contributed by atoms with van der Waals surface area (Å²) in [6.45, 7) is 3.08. The molecule has 1 aromatic carbocycles. The second kappa shape index (κ2) is 8.66. The Balaban J connectivity index is 1.46. The van der Waals surface area contributed by atoms with Gasteiger partial charge >= 0.3 is 0 Å². The average molecular weight is 367 g/mol. The molecule has 1 fully saturated rings. The highest BCUT2D eigenvalue weighted by molar-refractivity contribution is 5.94. The molecule has 1 atom stereocenters. The van der Waals surface area contributed by atoms with E-state index in [9.17, 15) is 9.59 Å². The first-order chi connectivity index (χ1) is 13.0. The van der Waals surface area contributed by atoms with Crippen molar-refractivity contribution < 1.29 is 14.3 Å². The number of aromatic nitrogens is 1. The minimum Gasteiger partial charge on any atom is -0.497 e. The fourth-order valence-electron chi connectivity index (χ4n) is 3.23. The van der Waals surface area contributed by atoms with Gasteiger partial charge < -0.3 is 15.0 Å². The van der Waals surface area contributed by atoms with Gasteiger partial charge in [-0.3, -0.25) is 14.6 Å². The number of carbonyl (C=O) groups is 2. The first-order valence-corrected chi connectivity index (χ1v) is 9.19. The van der Waals surface area contributed by atoms with E-state index in [0.29, 0.717) is 31.5 Å². The van der Waals surface area contributed by atoms with Crippen LogP contribution in [-0.2, 0) is 11.2 Å². The van der Waals surface area contributed by atoms with E-state index in [1.807, 2.05) is 37.3 Å².